The molecule has 1 aliphatic rings. The number of aryl methyl sites for hydroxylation is 1. The normalized spacial score (nSPS) is 20.4. The number of benzene rings is 2. The summed E-state index contributed by atoms with van der Waals surface area (Å²) in [6, 6.07) is 12.4. The van der Waals surface area contributed by atoms with E-state index in [2.05, 4.69) is 10.6 Å². The topological polar surface area (TPSA) is 208 Å². The predicted octanol–water partition coefficient (Wildman–Crippen LogP) is 1.96. The summed E-state index contributed by atoms with van der Waals surface area (Å²) in [6.07, 6.45) is -6.65. The molecule has 2 aromatic rings. The number of hydrogen-bond donors (Lipinski definition) is 2. The van der Waals surface area contributed by atoms with Crippen LogP contribution in [0.3, 0.4) is 0 Å². The number of rotatable bonds is 16. The van der Waals surface area contributed by atoms with E-state index in [1.165, 1.54) is 7.11 Å². The van der Waals surface area contributed by atoms with E-state index < -0.39 is 96.6 Å². The van der Waals surface area contributed by atoms with Gasteiger partial charge in [-0.05, 0) is 36.8 Å². The van der Waals surface area contributed by atoms with Crippen molar-refractivity contribution in [1.29, 1.82) is 0 Å². The molecule has 17 heteroatoms. The molecule has 0 saturated carbocycles. The Labute approximate surface area is 310 Å². The van der Waals surface area contributed by atoms with Crippen LogP contribution in [0.25, 0.3) is 0 Å². The summed E-state index contributed by atoms with van der Waals surface area (Å²) in [5, 5.41) is 5.27. The number of ether oxygens (including phenoxy) is 7. The molecule has 0 aliphatic carbocycles. The standard InChI is InChI=1S/C36H44N2O14S/c1-20-8-14-27(15-9-20)53-36(35(45)47-7)17-28(49-22(3)40)32(38-31(44)19-48-21(2)39)34(52-36)33(51-24(5)42)29(50-23(4)41)18-37-30(43)16-25-10-12-26(46-6)13-11-25/h8-15,28-29,32-34H,16-19H2,1-7H3,(H,37,43)(H,38,44)/t28-,29+,32+,33+,34+,36-/m0/s1. The van der Waals surface area contributed by atoms with E-state index in [4.69, 9.17) is 33.2 Å². The second kappa shape index (κ2) is 19.6. The van der Waals surface area contributed by atoms with Gasteiger partial charge in [0.2, 0.25) is 10.8 Å². The van der Waals surface area contributed by atoms with Crippen LogP contribution in [0.1, 0.15) is 45.2 Å². The van der Waals surface area contributed by atoms with Crippen molar-refractivity contribution in [3.05, 3.63) is 59.7 Å². The molecular formula is C36H44N2O14S. The number of carbonyl (C=O) groups excluding carboxylic acids is 7. The molecule has 0 bridgehead atoms. The summed E-state index contributed by atoms with van der Waals surface area (Å²) in [6.45, 7) is 5.04. The molecule has 3 rings (SSSR count). The minimum atomic E-state index is -2.01. The fraction of sp³-hybridized carbons (Fsp3) is 0.472. The molecule has 0 radical (unpaired) electrons. The molecule has 1 saturated heterocycles. The number of esters is 5. The van der Waals surface area contributed by atoms with Crippen molar-refractivity contribution in [1.82, 2.24) is 10.6 Å². The molecule has 6 atom stereocenters. The number of methoxy groups -OCH3 is 2. The molecule has 0 aromatic heterocycles. The van der Waals surface area contributed by atoms with Crippen LogP contribution in [-0.4, -0.2) is 104 Å². The summed E-state index contributed by atoms with van der Waals surface area (Å²) < 4.78 is 38.7. The highest BCUT2D eigenvalue weighted by Gasteiger charge is 2.59. The van der Waals surface area contributed by atoms with Crippen molar-refractivity contribution < 1.29 is 66.7 Å². The van der Waals surface area contributed by atoms with Crippen LogP contribution in [0, 0.1) is 6.92 Å². The summed E-state index contributed by atoms with van der Waals surface area (Å²) >= 11 is 0.910. The first-order chi connectivity index (χ1) is 25.0. The van der Waals surface area contributed by atoms with Crippen LogP contribution < -0.4 is 15.4 Å². The smallest absolute Gasteiger partial charge is 0.349 e. The number of amides is 2. The molecule has 2 N–H and O–H groups in total. The van der Waals surface area contributed by atoms with E-state index in [0.717, 1.165) is 52.1 Å². The third-order valence-electron chi connectivity index (χ3n) is 7.74. The molecule has 1 fully saturated rings. The first-order valence-corrected chi connectivity index (χ1v) is 17.2. The zero-order chi connectivity index (χ0) is 39.3. The lowest BCUT2D eigenvalue weighted by atomic mass is 9.89. The maximum atomic E-state index is 13.8. The molecule has 16 nitrogen and oxygen atoms in total. The largest absolute Gasteiger partial charge is 0.497 e. The molecule has 53 heavy (non-hydrogen) atoms. The molecular weight excluding hydrogens is 716 g/mol. The average Bonchev–Trinajstić information content (AvgIpc) is 3.09. The van der Waals surface area contributed by atoms with Gasteiger partial charge in [-0.25, -0.2) is 4.79 Å². The highest BCUT2D eigenvalue weighted by Crippen LogP contribution is 2.46. The van der Waals surface area contributed by atoms with Crippen LogP contribution in [0.2, 0.25) is 0 Å². The van der Waals surface area contributed by atoms with Gasteiger partial charge in [-0.2, -0.15) is 0 Å². The number of carbonyl (C=O) groups is 7. The molecule has 0 unspecified atom stereocenters. The second-order valence-electron chi connectivity index (χ2n) is 12.0. The van der Waals surface area contributed by atoms with Crippen molar-refractivity contribution >= 4 is 53.4 Å². The van der Waals surface area contributed by atoms with Gasteiger partial charge in [0.1, 0.15) is 18.0 Å². The molecule has 2 aromatic carbocycles. The van der Waals surface area contributed by atoms with Crippen LogP contribution in [0.15, 0.2) is 53.4 Å². The van der Waals surface area contributed by atoms with E-state index in [-0.39, 0.29) is 6.42 Å². The van der Waals surface area contributed by atoms with E-state index in [1.807, 2.05) is 6.92 Å². The summed E-state index contributed by atoms with van der Waals surface area (Å²) in [5.74, 6) is -5.00. The third kappa shape index (κ3) is 12.8. The first kappa shape index (κ1) is 42.3. The Bertz CT molecular complexity index is 1630. The van der Waals surface area contributed by atoms with Crippen molar-refractivity contribution in [3.8, 4) is 5.75 Å². The molecule has 0 spiro atoms. The van der Waals surface area contributed by atoms with Gasteiger partial charge in [0, 0.05) is 39.0 Å². The van der Waals surface area contributed by atoms with Gasteiger partial charge >= 0.3 is 29.8 Å². The van der Waals surface area contributed by atoms with Crippen molar-refractivity contribution in [3.63, 3.8) is 0 Å². The molecule has 288 valence electrons. The van der Waals surface area contributed by atoms with Gasteiger partial charge in [-0.1, -0.05) is 41.6 Å². The van der Waals surface area contributed by atoms with Gasteiger partial charge in [0.15, 0.2) is 18.8 Å². The van der Waals surface area contributed by atoms with E-state index in [9.17, 15) is 33.6 Å². The van der Waals surface area contributed by atoms with Gasteiger partial charge < -0.3 is 43.8 Å². The quantitative estimate of drug-likeness (QED) is 0.185. The number of thioether (sulfide) groups is 1. The van der Waals surface area contributed by atoms with Crippen molar-refractivity contribution in [2.75, 3.05) is 27.4 Å². The third-order valence-corrected chi connectivity index (χ3v) is 9.00. The highest BCUT2D eigenvalue weighted by atomic mass is 32.2. The van der Waals surface area contributed by atoms with E-state index in [1.54, 1.807) is 48.5 Å². The highest BCUT2D eigenvalue weighted by molar-refractivity contribution is 8.01. The fourth-order valence-electron chi connectivity index (χ4n) is 5.49. The summed E-state index contributed by atoms with van der Waals surface area (Å²) in [4.78, 5) is 87.8. The van der Waals surface area contributed by atoms with Crippen LogP contribution >= 0.6 is 11.8 Å². The van der Waals surface area contributed by atoms with Crippen LogP contribution in [0.4, 0.5) is 0 Å². The lowest BCUT2D eigenvalue weighted by Gasteiger charge is -2.48. The Balaban J connectivity index is 2.14. The minimum Gasteiger partial charge on any atom is -0.497 e. The minimum absolute atomic E-state index is 0.0864. The Hall–Kier alpha value is -5.16. The SMILES string of the molecule is COC(=O)[C@@]1(Sc2ccc(C)cc2)C[C@H](OC(C)=O)[C@@H](NC(=O)COC(C)=O)[C@H]([C@H](OC(C)=O)[C@@H](CNC(=O)Cc2ccc(OC)cc2)OC(C)=O)O1. The Morgan fingerprint density at radius 2 is 1.49 bits per heavy atom. The second-order valence-corrected chi connectivity index (χ2v) is 13.4. The van der Waals surface area contributed by atoms with E-state index in [0.29, 0.717) is 16.2 Å². The van der Waals surface area contributed by atoms with Gasteiger partial charge in [0.05, 0.1) is 33.2 Å². The fourth-order valence-corrected chi connectivity index (χ4v) is 6.72. The predicted molar refractivity (Wildman–Crippen MR) is 186 cm³/mol. The lowest BCUT2D eigenvalue weighted by Crippen LogP contribution is -2.68. The Morgan fingerprint density at radius 3 is 2.04 bits per heavy atom. The van der Waals surface area contributed by atoms with Gasteiger partial charge in [0.25, 0.3) is 5.91 Å². The summed E-state index contributed by atoms with van der Waals surface area (Å²) in [5.41, 5.74) is 1.56. The van der Waals surface area contributed by atoms with Gasteiger partial charge in [-0.3, -0.25) is 28.8 Å². The molecule has 1 aliphatic heterocycles. The van der Waals surface area contributed by atoms with Crippen LogP contribution in [0.5, 0.6) is 5.75 Å². The molecule has 2 amide bonds. The Morgan fingerprint density at radius 1 is 0.849 bits per heavy atom. The molecule has 1 heterocycles. The summed E-state index contributed by atoms with van der Waals surface area (Å²) in [7, 11) is 2.63. The zero-order valence-corrected chi connectivity index (χ0v) is 31.3. The van der Waals surface area contributed by atoms with Gasteiger partial charge in [-0.15, -0.1) is 0 Å². The number of nitrogens with one attached hydrogen (secondary N) is 2. The maximum Gasteiger partial charge on any atom is 0.349 e. The first-order valence-electron chi connectivity index (χ1n) is 16.4. The maximum absolute atomic E-state index is 13.8. The van der Waals surface area contributed by atoms with Crippen LogP contribution in [-0.2, 0) is 68.4 Å². The number of hydrogen-bond acceptors (Lipinski definition) is 15. The monoisotopic (exact) mass is 760 g/mol. The average molecular weight is 761 g/mol. The van der Waals surface area contributed by atoms with Crippen molar-refractivity contribution in [2.45, 2.75) is 87.7 Å². The van der Waals surface area contributed by atoms with Crippen molar-refractivity contribution in [2.24, 2.45) is 0 Å². The lowest BCUT2D eigenvalue weighted by molar-refractivity contribution is -0.221. The Kier molecular flexibility index (Phi) is 15.6. The zero-order valence-electron chi connectivity index (χ0n) is 30.5. The van der Waals surface area contributed by atoms with E-state index >= 15 is 0 Å².